The summed E-state index contributed by atoms with van der Waals surface area (Å²) < 4.78 is 0. The second-order valence-electron chi connectivity index (χ2n) is 5.39. The zero-order valence-corrected chi connectivity index (χ0v) is 11.4. The fourth-order valence-electron chi connectivity index (χ4n) is 2.85. The van der Waals surface area contributed by atoms with Crippen molar-refractivity contribution in [2.45, 2.75) is 57.3 Å². The molecule has 0 atom stereocenters. The van der Waals surface area contributed by atoms with Gasteiger partial charge in [-0.3, -0.25) is 4.79 Å². The van der Waals surface area contributed by atoms with Gasteiger partial charge in [0.1, 0.15) is 0 Å². The van der Waals surface area contributed by atoms with Gasteiger partial charge in [0.25, 0.3) is 0 Å². The predicted molar refractivity (Wildman–Crippen MR) is 76.1 cm³/mol. The van der Waals surface area contributed by atoms with Gasteiger partial charge in [-0.1, -0.05) is 43.5 Å². The monoisotopic (exact) mass is 255 g/mol. The van der Waals surface area contributed by atoms with E-state index in [2.05, 4.69) is 18.2 Å². The zero-order valence-electron chi connectivity index (χ0n) is 11.4. The molecule has 0 amide bonds. The van der Waals surface area contributed by atoms with Gasteiger partial charge in [0, 0.05) is 18.4 Å². The summed E-state index contributed by atoms with van der Waals surface area (Å²) in [6, 6.07) is 10.2. The van der Waals surface area contributed by atoms with Crippen molar-refractivity contribution in [3.8, 4) is 6.07 Å². The van der Waals surface area contributed by atoms with Crippen LogP contribution in [-0.4, -0.2) is 5.78 Å². The molecule has 0 N–H and O–H groups in total. The van der Waals surface area contributed by atoms with Crippen LogP contribution in [0, 0.1) is 11.3 Å². The normalized spacial score (nSPS) is 15.9. The van der Waals surface area contributed by atoms with E-state index in [0.29, 0.717) is 25.2 Å². The number of unbranched alkanes of at least 4 members (excludes halogenated alkanes) is 1. The topological polar surface area (TPSA) is 40.9 Å². The highest BCUT2D eigenvalue weighted by atomic mass is 16.1. The van der Waals surface area contributed by atoms with E-state index < -0.39 is 0 Å². The van der Waals surface area contributed by atoms with Gasteiger partial charge < -0.3 is 0 Å². The van der Waals surface area contributed by atoms with Crippen LogP contribution in [0.15, 0.2) is 24.3 Å². The molecule has 1 saturated carbocycles. The third-order valence-corrected chi connectivity index (χ3v) is 4.00. The molecule has 2 heteroatoms. The van der Waals surface area contributed by atoms with Crippen molar-refractivity contribution in [1.29, 1.82) is 5.26 Å². The number of hydrogen-bond donors (Lipinski definition) is 0. The van der Waals surface area contributed by atoms with Gasteiger partial charge in [-0.25, -0.2) is 0 Å². The average molecular weight is 255 g/mol. The third kappa shape index (κ3) is 3.92. The summed E-state index contributed by atoms with van der Waals surface area (Å²) in [7, 11) is 0. The van der Waals surface area contributed by atoms with Crippen molar-refractivity contribution in [1.82, 2.24) is 0 Å². The van der Waals surface area contributed by atoms with E-state index in [0.717, 1.165) is 5.56 Å². The summed E-state index contributed by atoms with van der Waals surface area (Å²) in [6.07, 6.45) is 8.22. The van der Waals surface area contributed by atoms with Crippen LogP contribution in [0.25, 0.3) is 0 Å². The summed E-state index contributed by atoms with van der Waals surface area (Å²) in [5, 5.41) is 8.47. The molecule has 0 unspecified atom stereocenters. The molecule has 19 heavy (non-hydrogen) atoms. The number of Topliss-reactive ketones (excluding diaryl/α,β-unsaturated/α-hetero) is 1. The van der Waals surface area contributed by atoms with Crippen LogP contribution in [0.4, 0.5) is 0 Å². The van der Waals surface area contributed by atoms with E-state index in [1.165, 1.54) is 37.7 Å². The molecule has 0 bridgehead atoms. The Kier molecular flexibility index (Phi) is 5.15. The molecule has 1 aliphatic rings. The highest BCUT2D eigenvalue weighted by Gasteiger charge is 2.15. The largest absolute Gasteiger partial charge is 0.294 e. The second kappa shape index (κ2) is 7.09. The first kappa shape index (κ1) is 13.8. The molecular weight excluding hydrogens is 234 g/mol. The van der Waals surface area contributed by atoms with Gasteiger partial charge in [0.2, 0.25) is 0 Å². The smallest absolute Gasteiger partial charge is 0.162 e. The number of hydrogen-bond acceptors (Lipinski definition) is 2. The average Bonchev–Trinajstić information content (AvgIpc) is 2.48. The number of nitrogens with zero attached hydrogens (tertiary/aromatic N) is 1. The Bertz CT molecular complexity index is 449. The highest BCUT2D eigenvalue weighted by molar-refractivity contribution is 5.96. The molecule has 0 radical (unpaired) electrons. The maximum absolute atomic E-state index is 11.9. The van der Waals surface area contributed by atoms with Crippen LogP contribution < -0.4 is 0 Å². The summed E-state index contributed by atoms with van der Waals surface area (Å²) in [5.74, 6) is 0.849. The Labute approximate surface area is 115 Å². The third-order valence-electron chi connectivity index (χ3n) is 4.00. The minimum Gasteiger partial charge on any atom is -0.294 e. The number of carbonyl (C=O) groups is 1. The van der Waals surface area contributed by atoms with Crippen molar-refractivity contribution >= 4 is 5.78 Å². The SMILES string of the molecule is N#CCCCC(=O)c1ccc(C2CCCCC2)cc1. The molecule has 0 aliphatic heterocycles. The van der Waals surface area contributed by atoms with Gasteiger partial charge in [0.05, 0.1) is 6.07 Å². The summed E-state index contributed by atoms with van der Waals surface area (Å²) >= 11 is 0. The zero-order chi connectivity index (χ0) is 13.5. The van der Waals surface area contributed by atoms with Crippen molar-refractivity contribution in [2.24, 2.45) is 0 Å². The standard InChI is InChI=1S/C17H21NO/c18-13-5-4-8-17(19)16-11-9-15(10-12-16)14-6-2-1-3-7-14/h9-12,14H,1-8H2. The Morgan fingerprint density at radius 2 is 1.84 bits per heavy atom. The molecule has 100 valence electrons. The fourth-order valence-corrected chi connectivity index (χ4v) is 2.85. The van der Waals surface area contributed by atoms with E-state index in [9.17, 15) is 4.79 Å². The van der Waals surface area contributed by atoms with Crippen molar-refractivity contribution in [3.63, 3.8) is 0 Å². The van der Waals surface area contributed by atoms with Crippen LogP contribution in [-0.2, 0) is 0 Å². The minimum absolute atomic E-state index is 0.158. The van der Waals surface area contributed by atoms with Crippen LogP contribution in [0.2, 0.25) is 0 Å². The Balaban J connectivity index is 1.94. The summed E-state index contributed by atoms with van der Waals surface area (Å²) in [5.41, 5.74) is 2.17. The molecule has 1 aliphatic carbocycles. The maximum Gasteiger partial charge on any atom is 0.162 e. The molecule has 2 nitrogen and oxygen atoms in total. The Hall–Kier alpha value is -1.62. The van der Waals surface area contributed by atoms with Crippen LogP contribution in [0.3, 0.4) is 0 Å². The lowest BCUT2D eigenvalue weighted by atomic mass is 9.84. The highest BCUT2D eigenvalue weighted by Crippen LogP contribution is 2.32. The summed E-state index contributed by atoms with van der Waals surface area (Å²) in [6.45, 7) is 0. The number of benzene rings is 1. The molecular formula is C17H21NO. The Morgan fingerprint density at radius 1 is 1.16 bits per heavy atom. The van der Waals surface area contributed by atoms with Gasteiger partial charge >= 0.3 is 0 Å². The number of carbonyl (C=O) groups excluding carboxylic acids is 1. The van der Waals surface area contributed by atoms with Gasteiger partial charge in [-0.15, -0.1) is 0 Å². The first-order valence-corrected chi connectivity index (χ1v) is 7.31. The first-order chi connectivity index (χ1) is 9.31. The molecule has 1 aromatic carbocycles. The second-order valence-corrected chi connectivity index (χ2v) is 5.39. The van der Waals surface area contributed by atoms with Crippen LogP contribution in [0.1, 0.15) is 73.2 Å². The van der Waals surface area contributed by atoms with E-state index in [4.69, 9.17) is 5.26 Å². The number of ketones is 1. The molecule has 1 aromatic rings. The number of nitriles is 1. The van der Waals surface area contributed by atoms with Gasteiger partial charge in [0.15, 0.2) is 5.78 Å². The molecule has 2 rings (SSSR count). The van der Waals surface area contributed by atoms with Gasteiger partial charge in [-0.2, -0.15) is 5.26 Å². The lowest BCUT2D eigenvalue weighted by Crippen LogP contribution is -2.05. The van der Waals surface area contributed by atoms with Crippen LogP contribution in [0.5, 0.6) is 0 Å². The van der Waals surface area contributed by atoms with E-state index in [1.54, 1.807) is 0 Å². The quantitative estimate of drug-likeness (QED) is 0.569. The first-order valence-electron chi connectivity index (χ1n) is 7.31. The summed E-state index contributed by atoms with van der Waals surface area (Å²) in [4.78, 5) is 11.9. The lowest BCUT2D eigenvalue weighted by Gasteiger charge is -2.22. The number of rotatable bonds is 5. The molecule has 0 spiro atoms. The fraction of sp³-hybridized carbons (Fsp3) is 0.529. The lowest BCUT2D eigenvalue weighted by molar-refractivity contribution is 0.0980. The van der Waals surface area contributed by atoms with Crippen molar-refractivity contribution in [3.05, 3.63) is 35.4 Å². The van der Waals surface area contributed by atoms with E-state index in [-0.39, 0.29) is 5.78 Å². The van der Waals surface area contributed by atoms with Crippen molar-refractivity contribution < 1.29 is 4.79 Å². The van der Waals surface area contributed by atoms with Crippen LogP contribution >= 0.6 is 0 Å². The minimum atomic E-state index is 0.158. The van der Waals surface area contributed by atoms with Crippen molar-refractivity contribution in [2.75, 3.05) is 0 Å². The van der Waals surface area contributed by atoms with E-state index >= 15 is 0 Å². The van der Waals surface area contributed by atoms with Gasteiger partial charge in [-0.05, 0) is 30.7 Å². The predicted octanol–water partition coefficient (Wildman–Crippen LogP) is 4.61. The molecule has 0 saturated heterocycles. The van der Waals surface area contributed by atoms with E-state index in [1.807, 2.05) is 12.1 Å². The molecule has 0 heterocycles. The maximum atomic E-state index is 11.9. The molecule has 0 aromatic heterocycles. The molecule has 1 fully saturated rings. The Morgan fingerprint density at radius 3 is 2.47 bits per heavy atom.